The number of hydrazone groups is 1. The molecule has 1 amide bonds. The van der Waals surface area contributed by atoms with Crippen molar-refractivity contribution in [3.8, 4) is 11.5 Å². The van der Waals surface area contributed by atoms with Crippen LogP contribution in [0, 0.1) is 0 Å². The average Bonchev–Trinajstić information content (AvgIpc) is 2.76. The number of carbonyl (C=O) groups excluding carboxylic acids is 2. The van der Waals surface area contributed by atoms with Crippen molar-refractivity contribution in [1.82, 2.24) is 5.43 Å². The highest BCUT2D eigenvalue weighted by atomic mass is 79.9. The zero-order valence-corrected chi connectivity index (χ0v) is 18.8. The fourth-order valence-electron chi connectivity index (χ4n) is 2.44. The minimum absolute atomic E-state index is 0.349. The Morgan fingerprint density at radius 2 is 1.74 bits per heavy atom. The standard InChI is InChI=1S/C23H18BrClN2O4/c1-15(30-20-11-7-18(24)8-12-20)22(28)27-26-14-16-3-2-4-21(13-16)31-23(29)17-5-9-19(25)10-6-17/h2-15H,1H3,(H,27,28)/b26-14-/t15-/m0/s1. The maximum absolute atomic E-state index is 12.2. The van der Waals surface area contributed by atoms with Crippen LogP contribution < -0.4 is 14.9 Å². The number of benzene rings is 3. The van der Waals surface area contributed by atoms with E-state index in [1.807, 2.05) is 12.1 Å². The van der Waals surface area contributed by atoms with Crippen LogP contribution in [-0.4, -0.2) is 24.2 Å². The number of carbonyl (C=O) groups is 2. The molecule has 3 aromatic rings. The first kappa shape index (κ1) is 22.5. The van der Waals surface area contributed by atoms with Crippen LogP contribution >= 0.6 is 27.5 Å². The van der Waals surface area contributed by atoms with E-state index in [0.29, 0.717) is 27.6 Å². The molecule has 1 N–H and O–H groups in total. The highest BCUT2D eigenvalue weighted by molar-refractivity contribution is 9.10. The van der Waals surface area contributed by atoms with E-state index in [-0.39, 0.29) is 0 Å². The Bertz CT molecular complexity index is 1090. The molecule has 0 bridgehead atoms. The Morgan fingerprint density at radius 3 is 2.45 bits per heavy atom. The van der Waals surface area contributed by atoms with Crippen LogP contribution in [-0.2, 0) is 4.79 Å². The normalized spacial score (nSPS) is 11.7. The lowest BCUT2D eigenvalue weighted by molar-refractivity contribution is -0.127. The van der Waals surface area contributed by atoms with Gasteiger partial charge in [0, 0.05) is 9.50 Å². The smallest absolute Gasteiger partial charge is 0.343 e. The van der Waals surface area contributed by atoms with Gasteiger partial charge in [-0.15, -0.1) is 0 Å². The van der Waals surface area contributed by atoms with Crippen LogP contribution in [0.25, 0.3) is 0 Å². The molecule has 0 saturated heterocycles. The van der Waals surface area contributed by atoms with Gasteiger partial charge < -0.3 is 9.47 Å². The van der Waals surface area contributed by atoms with Crippen molar-refractivity contribution in [3.63, 3.8) is 0 Å². The predicted octanol–water partition coefficient (Wildman–Crippen LogP) is 5.24. The van der Waals surface area contributed by atoms with Crippen molar-refractivity contribution in [1.29, 1.82) is 0 Å². The largest absolute Gasteiger partial charge is 0.481 e. The van der Waals surface area contributed by atoms with Gasteiger partial charge >= 0.3 is 5.97 Å². The van der Waals surface area contributed by atoms with Gasteiger partial charge in [0.15, 0.2) is 6.10 Å². The zero-order chi connectivity index (χ0) is 22.2. The molecule has 0 heterocycles. The van der Waals surface area contributed by atoms with Gasteiger partial charge in [-0.05, 0) is 73.2 Å². The molecule has 8 heteroatoms. The number of hydrogen-bond acceptors (Lipinski definition) is 5. The topological polar surface area (TPSA) is 77.0 Å². The lowest BCUT2D eigenvalue weighted by Crippen LogP contribution is -2.33. The van der Waals surface area contributed by atoms with E-state index in [2.05, 4.69) is 26.5 Å². The molecular formula is C23H18BrClN2O4. The Hall–Kier alpha value is -3.16. The summed E-state index contributed by atoms with van der Waals surface area (Å²) in [6.45, 7) is 1.63. The van der Waals surface area contributed by atoms with Crippen molar-refractivity contribution in [2.45, 2.75) is 13.0 Å². The number of hydrogen-bond donors (Lipinski definition) is 1. The van der Waals surface area contributed by atoms with Gasteiger partial charge in [-0.3, -0.25) is 4.79 Å². The molecule has 0 aliphatic rings. The molecule has 1 atom stereocenters. The van der Waals surface area contributed by atoms with E-state index >= 15 is 0 Å². The highest BCUT2D eigenvalue weighted by Gasteiger charge is 2.14. The molecule has 0 radical (unpaired) electrons. The van der Waals surface area contributed by atoms with Crippen molar-refractivity contribution < 1.29 is 19.1 Å². The Balaban J connectivity index is 1.54. The molecule has 0 aromatic heterocycles. The van der Waals surface area contributed by atoms with Crippen LogP contribution in [0.2, 0.25) is 5.02 Å². The van der Waals surface area contributed by atoms with Crippen LogP contribution in [0.4, 0.5) is 0 Å². The van der Waals surface area contributed by atoms with Crippen molar-refractivity contribution in [2.75, 3.05) is 0 Å². The van der Waals surface area contributed by atoms with Crippen LogP contribution in [0.1, 0.15) is 22.8 Å². The summed E-state index contributed by atoms with van der Waals surface area (Å²) in [6.07, 6.45) is 0.717. The molecule has 31 heavy (non-hydrogen) atoms. The maximum atomic E-state index is 12.2. The summed E-state index contributed by atoms with van der Waals surface area (Å²) < 4.78 is 11.9. The molecule has 0 aliphatic heterocycles. The van der Waals surface area contributed by atoms with Gasteiger partial charge in [0.2, 0.25) is 0 Å². The summed E-state index contributed by atoms with van der Waals surface area (Å²) in [5.74, 6) is 0.0228. The van der Waals surface area contributed by atoms with Gasteiger partial charge in [-0.2, -0.15) is 5.10 Å². The van der Waals surface area contributed by atoms with Crippen LogP contribution in [0.3, 0.4) is 0 Å². The molecule has 0 spiro atoms. The molecular weight excluding hydrogens is 484 g/mol. The summed E-state index contributed by atoms with van der Waals surface area (Å²) in [7, 11) is 0. The van der Waals surface area contributed by atoms with Crippen molar-refractivity contribution in [2.24, 2.45) is 5.10 Å². The number of halogens is 2. The van der Waals surface area contributed by atoms with Crippen LogP contribution in [0.5, 0.6) is 11.5 Å². The van der Waals surface area contributed by atoms with E-state index in [1.165, 1.54) is 6.21 Å². The number of amides is 1. The van der Waals surface area contributed by atoms with E-state index < -0.39 is 18.0 Å². The molecule has 0 fully saturated rings. The summed E-state index contributed by atoms with van der Waals surface area (Å²) in [6, 6.07) is 20.3. The van der Waals surface area contributed by atoms with Gasteiger partial charge in [-0.1, -0.05) is 39.7 Å². The van der Waals surface area contributed by atoms with Gasteiger partial charge in [-0.25, -0.2) is 10.2 Å². The lowest BCUT2D eigenvalue weighted by Gasteiger charge is -2.12. The fraction of sp³-hybridized carbons (Fsp3) is 0.0870. The van der Waals surface area contributed by atoms with Crippen molar-refractivity contribution in [3.05, 3.63) is 93.4 Å². The lowest BCUT2D eigenvalue weighted by atomic mass is 10.2. The van der Waals surface area contributed by atoms with E-state index in [9.17, 15) is 9.59 Å². The predicted molar refractivity (Wildman–Crippen MR) is 123 cm³/mol. The molecule has 158 valence electrons. The number of nitrogens with zero attached hydrogens (tertiary/aromatic N) is 1. The van der Waals surface area contributed by atoms with Crippen molar-refractivity contribution >= 4 is 45.6 Å². The second kappa shape index (κ2) is 10.7. The minimum Gasteiger partial charge on any atom is -0.481 e. The molecule has 6 nitrogen and oxygen atoms in total. The maximum Gasteiger partial charge on any atom is 0.343 e. The first-order valence-electron chi connectivity index (χ1n) is 9.23. The fourth-order valence-corrected chi connectivity index (χ4v) is 2.83. The SMILES string of the molecule is C[C@H](Oc1ccc(Br)cc1)C(=O)N/N=C\c1cccc(OC(=O)c2ccc(Cl)cc2)c1. The second-order valence-electron chi connectivity index (χ2n) is 6.42. The van der Waals surface area contributed by atoms with Crippen LogP contribution in [0.15, 0.2) is 82.4 Å². The zero-order valence-electron chi connectivity index (χ0n) is 16.4. The number of rotatable bonds is 7. The molecule has 0 saturated carbocycles. The number of esters is 1. The minimum atomic E-state index is -0.731. The Kier molecular flexibility index (Phi) is 7.81. The third kappa shape index (κ3) is 6.94. The molecule has 3 rings (SSSR count). The third-order valence-corrected chi connectivity index (χ3v) is 4.81. The van der Waals surface area contributed by atoms with Gasteiger partial charge in [0.25, 0.3) is 5.91 Å². The highest BCUT2D eigenvalue weighted by Crippen LogP contribution is 2.18. The summed E-state index contributed by atoms with van der Waals surface area (Å²) in [5, 5.41) is 4.47. The van der Waals surface area contributed by atoms with Gasteiger partial charge in [0.05, 0.1) is 11.8 Å². The second-order valence-corrected chi connectivity index (χ2v) is 7.77. The molecule has 0 aliphatic carbocycles. The van der Waals surface area contributed by atoms with E-state index in [4.69, 9.17) is 21.1 Å². The third-order valence-electron chi connectivity index (χ3n) is 4.03. The number of nitrogens with one attached hydrogen (secondary N) is 1. The molecule has 3 aromatic carbocycles. The van der Waals surface area contributed by atoms with E-state index in [0.717, 1.165) is 4.47 Å². The quantitative estimate of drug-likeness (QED) is 0.208. The van der Waals surface area contributed by atoms with Gasteiger partial charge in [0.1, 0.15) is 11.5 Å². The summed E-state index contributed by atoms with van der Waals surface area (Å²) in [5.41, 5.74) is 3.46. The monoisotopic (exact) mass is 500 g/mol. The first-order valence-corrected chi connectivity index (χ1v) is 10.4. The summed E-state index contributed by atoms with van der Waals surface area (Å²) >= 11 is 9.17. The first-order chi connectivity index (χ1) is 14.9. The Labute approximate surface area is 193 Å². The summed E-state index contributed by atoms with van der Waals surface area (Å²) in [4.78, 5) is 24.4. The van der Waals surface area contributed by atoms with E-state index in [1.54, 1.807) is 67.6 Å². The average molecular weight is 502 g/mol. The molecule has 0 unspecified atom stereocenters. The number of ether oxygens (including phenoxy) is 2. The Morgan fingerprint density at radius 1 is 1.03 bits per heavy atom.